The number of fused-ring (bicyclic) bond motifs is 1. The number of aliphatic hydroxyl groups is 2. The van der Waals surface area contributed by atoms with E-state index in [2.05, 4.69) is 0 Å². The Kier molecular flexibility index (Phi) is 1.66. The third-order valence-corrected chi connectivity index (χ3v) is 2.40. The smallest absolute Gasteiger partial charge is 0.195 e. The number of aliphatic hydroxyl groups excluding tert-OH is 2. The van der Waals surface area contributed by atoms with E-state index >= 15 is 0 Å². The molecule has 2 N–H and O–H groups in total. The number of halogens is 1. The minimum atomic E-state index is -1.18. The van der Waals surface area contributed by atoms with Gasteiger partial charge in [-0.25, -0.2) is 4.39 Å². The first kappa shape index (κ1) is 8.37. The van der Waals surface area contributed by atoms with Crippen molar-refractivity contribution < 1.29 is 24.1 Å². The largest absolute Gasteiger partial charge is 0.387 e. The molecule has 0 aromatic rings. The van der Waals surface area contributed by atoms with E-state index in [-0.39, 0.29) is 0 Å². The van der Waals surface area contributed by atoms with Crippen molar-refractivity contribution in [1.29, 1.82) is 0 Å². The van der Waals surface area contributed by atoms with Crippen molar-refractivity contribution in [2.75, 3.05) is 6.67 Å². The summed E-state index contributed by atoms with van der Waals surface area (Å²) in [6.45, 7) is 0.805. The fourth-order valence-corrected chi connectivity index (χ4v) is 1.58. The van der Waals surface area contributed by atoms with Crippen molar-refractivity contribution in [3.63, 3.8) is 0 Å². The zero-order valence-electron chi connectivity index (χ0n) is 6.61. The lowest BCUT2D eigenvalue weighted by molar-refractivity contribution is -0.170. The molecule has 0 aromatic carbocycles. The van der Waals surface area contributed by atoms with E-state index in [1.807, 2.05) is 0 Å². The monoisotopic (exact) mass is 178 g/mol. The Morgan fingerprint density at radius 3 is 2.58 bits per heavy atom. The van der Waals surface area contributed by atoms with E-state index in [1.165, 1.54) is 0 Å². The predicted octanol–water partition coefficient (Wildman–Crippen LogP) is -0.809. The van der Waals surface area contributed by atoms with Crippen LogP contribution in [0, 0.1) is 0 Å². The molecule has 2 fully saturated rings. The maximum atomic E-state index is 12.2. The van der Waals surface area contributed by atoms with Crippen LogP contribution < -0.4 is 0 Å². The SMILES string of the molecule is C[C@]12OC(CF)[C@@H](O)C(O)C1O2. The Morgan fingerprint density at radius 2 is 2.00 bits per heavy atom. The molecule has 12 heavy (non-hydrogen) atoms. The number of ether oxygens (including phenoxy) is 2. The summed E-state index contributed by atoms with van der Waals surface area (Å²) in [5, 5.41) is 18.6. The molecular weight excluding hydrogens is 167 g/mol. The summed E-state index contributed by atoms with van der Waals surface area (Å²) in [6, 6.07) is 0. The summed E-state index contributed by atoms with van der Waals surface area (Å²) in [5.74, 6) is -0.880. The first-order chi connectivity index (χ1) is 5.58. The van der Waals surface area contributed by atoms with Gasteiger partial charge in [0.2, 0.25) is 0 Å². The number of hydrogen-bond donors (Lipinski definition) is 2. The van der Waals surface area contributed by atoms with Gasteiger partial charge in [-0.05, 0) is 6.92 Å². The van der Waals surface area contributed by atoms with Gasteiger partial charge in [0.15, 0.2) is 5.79 Å². The Balaban J connectivity index is 2.11. The Labute approximate surface area is 68.9 Å². The van der Waals surface area contributed by atoms with E-state index in [9.17, 15) is 14.6 Å². The van der Waals surface area contributed by atoms with Gasteiger partial charge in [-0.2, -0.15) is 0 Å². The molecular formula is C7H11FO4. The molecule has 2 heterocycles. The summed E-state index contributed by atoms with van der Waals surface area (Å²) in [4.78, 5) is 0. The lowest BCUT2D eigenvalue weighted by atomic mass is 9.99. The van der Waals surface area contributed by atoms with Gasteiger partial charge >= 0.3 is 0 Å². The van der Waals surface area contributed by atoms with E-state index in [0.29, 0.717) is 0 Å². The van der Waals surface area contributed by atoms with Crippen LogP contribution in [0.15, 0.2) is 0 Å². The van der Waals surface area contributed by atoms with E-state index < -0.39 is 36.9 Å². The van der Waals surface area contributed by atoms with E-state index in [4.69, 9.17) is 9.47 Å². The van der Waals surface area contributed by atoms with Gasteiger partial charge in [0, 0.05) is 0 Å². The van der Waals surface area contributed by atoms with E-state index in [1.54, 1.807) is 6.92 Å². The number of epoxide rings is 1. The van der Waals surface area contributed by atoms with Crippen LogP contribution in [0.5, 0.6) is 0 Å². The van der Waals surface area contributed by atoms with Crippen LogP contribution in [-0.2, 0) is 9.47 Å². The summed E-state index contributed by atoms with van der Waals surface area (Å²) in [7, 11) is 0. The van der Waals surface area contributed by atoms with Gasteiger partial charge in [-0.15, -0.1) is 0 Å². The minimum absolute atomic E-state index is 0.504. The van der Waals surface area contributed by atoms with Crippen molar-refractivity contribution >= 4 is 0 Å². The molecule has 0 aromatic heterocycles. The molecule has 0 bridgehead atoms. The van der Waals surface area contributed by atoms with Crippen LogP contribution >= 0.6 is 0 Å². The molecule has 5 heteroatoms. The van der Waals surface area contributed by atoms with Gasteiger partial charge in [-0.1, -0.05) is 0 Å². The molecule has 0 saturated carbocycles. The molecule has 2 aliphatic heterocycles. The van der Waals surface area contributed by atoms with E-state index in [0.717, 1.165) is 0 Å². The summed E-state index contributed by atoms with van der Waals surface area (Å²) < 4.78 is 22.3. The maximum absolute atomic E-state index is 12.2. The second-order valence-electron chi connectivity index (χ2n) is 3.35. The van der Waals surface area contributed by atoms with Gasteiger partial charge in [0.05, 0.1) is 0 Å². The molecule has 0 radical (unpaired) electrons. The molecule has 5 atom stereocenters. The van der Waals surface area contributed by atoms with Gasteiger partial charge in [0.1, 0.15) is 31.1 Å². The van der Waals surface area contributed by atoms with Gasteiger partial charge in [0.25, 0.3) is 0 Å². The molecule has 2 aliphatic rings. The summed E-state index contributed by atoms with van der Waals surface area (Å²) in [6.07, 6.45) is -3.70. The highest BCUT2D eigenvalue weighted by Gasteiger charge is 2.65. The van der Waals surface area contributed by atoms with Crippen molar-refractivity contribution in [1.82, 2.24) is 0 Å². The number of hydrogen-bond acceptors (Lipinski definition) is 4. The third-order valence-electron chi connectivity index (χ3n) is 2.40. The maximum Gasteiger partial charge on any atom is 0.195 e. The molecule has 2 rings (SSSR count). The van der Waals surface area contributed by atoms with Crippen LogP contribution in [0.3, 0.4) is 0 Å². The average molecular weight is 178 g/mol. The zero-order valence-corrected chi connectivity index (χ0v) is 6.61. The lowest BCUT2D eigenvalue weighted by Gasteiger charge is -2.30. The first-order valence-corrected chi connectivity index (χ1v) is 3.86. The Morgan fingerprint density at radius 1 is 1.33 bits per heavy atom. The fourth-order valence-electron chi connectivity index (χ4n) is 1.58. The highest BCUT2D eigenvalue weighted by atomic mass is 19.1. The van der Waals surface area contributed by atoms with Crippen molar-refractivity contribution in [2.24, 2.45) is 0 Å². The Hall–Kier alpha value is -0.230. The molecule has 70 valence electrons. The summed E-state index contributed by atoms with van der Waals surface area (Å²) in [5.41, 5.74) is 0. The molecule has 3 unspecified atom stereocenters. The Bertz CT molecular complexity index is 198. The lowest BCUT2D eigenvalue weighted by Crippen LogP contribution is -2.51. The van der Waals surface area contributed by atoms with Crippen LogP contribution in [0.4, 0.5) is 4.39 Å². The third kappa shape index (κ3) is 0.974. The van der Waals surface area contributed by atoms with Crippen LogP contribution in [-0.4, -0.2) is 47.1 Å². The summed E-state index contributed by atoms with van der Waals surface area (Å²) >= 11 is 0. The van der Waals surface area contributed by atoms with Crippen molar-refractivity contribution in [3.8, 4) is 0 Å². The predicted molar refractivity (Wildman–Crippen MR) is 36.1 cm³/mol. The topological polar surface area (TPSA) is 62.2 Å². The normalized spacial score (nSPS) is 58.0. The van der Waals surface area contributed by atoms with Gasteiger partial charge in [-0.3, -0.25) is 0 Å². The minimum Gasteiger partial charge on any atom is -0.387 e. The highest BCUT2D eigenvalue weighted by Crippen LogP contribution is 2.45. The van der Waals surface area contributed by atoms with Crippen molar-refractivity contribution in [3.05, 3.63) is 0 Å². The standard InChI is InChI=1S/C7H11FO4/c1-7-6(12-7)5(10)4(9)3(2-8)11-7/h3-6,9-10H,2H2,1H3/t3?,4-,5?,6?,7-/m1/s1. The quantitative estimate of drug-likeness (QED) is 0.515. The number of alkyl halides is 1. The van der Waals surface area contributed by atoms with Gasteiger partial charge < -0.3 is 19.7 Å². The number of rotatable bonds is 1. The fraction of sp³-hybridized carbons (Fsp3) is 1.00. The van der Waals surface area contributed by atoms with Crippen LogP contribution in [0.2, 0.25) is 0 Å². The van der Waals surface area contributed by atoms with Crippen molar-refractivity contribution in [2.45, 2.75) is 37.1 Å². The second kappa shape index (κ2) is 2.38. The zero-order chi connectivity index (χ0) is 8.93. The first-order valence-electron chi connectivity index (χ1n) is 3.86. The molecule has 2 saturated heterocycles. The molecule has 0 amide bonds. The second-order valence-corrected chi connectivity index (χ2v) is 3.35. The molecule has 4 nitrogen and oxygen atoms in total. The highest BCUT2D eigenvalue weighted by molar-refractivity contribution is 5.05. The molecule has 0 spiro atoms. The van der Waals surface area contributed by atoms with Crippen LogP contribution in [0.25, 0.3) is 0 Å². The average Bonchev–Trinajstić information content (AvgIpc) is 2.71. The molecule has 0 aliphatic carbocycles. The van der Waals surface area contributed by atoms with Crippen LogP contribution in [0.1, 0.15) is 6.92 Å².